The summed E-state index contributed by atoms with van der Waals surface area (Å²) in [7, 11) is 0. The van der Waals surface area contributed by atoms with Gasteiger partial charge in [0.2, 0.25) is 0 Å². The van der Waals surface area contributed by atoms with Crippen molar-refractivity contribution in [2.24, 2.45) is 5.73 Å². The van der Waals surface area contributed by atoms with Crippen molar-refractivity contribution in [3.05, 3.63) is 35.4 Å². The van der Waals surface area contributed by atoms with E-state index in [2.05, 4.69) is 0 Å². The van der Waals surface area contributed by atoms with Crippen LogP contribution in [0.2, 0.25) is 0 Å². The van der Waals surface area contributed by atoms with E-state index in [0.717, 1.165) is 6.07 Å². The highest BCUT2D eigenvalue weighted by molar-refractivity contribution is 5.70. The minimum absolute atomic E-state index is 0.0546. The van der Waals surface area contributed by atoms with Crippen LogP contribution in [0.5, 0.6) is 0 Å². The number of hydrogen-bond acceptors (Lipinski definition) is 3. The van der Waals surface area contributed by atoms with Gasteiger partial charge < -0.3 is 10.5 Å². The van der Waals surface area contributed by atoms with E-state index < -0.39 is 23.4 Å². The Bertz CT molecular complexity index is 533. The predicted molar refractivity (Wildman–Crippen MR) is 70.4 cm³/mol. The molecule has 1 amide bonds. The monoisotopic (exact) mass is 302 g/mol. The first-order valence-electron chi connectivity index (χ1n) is 6.58. The molecular weight excluding hydrogens is 285 g/mol. The van der Waals surface area contributed by atoms with Gasteiger partial charge in [-0.15, -0.1) is 0 Å². The Kier molecular flexibility index (Phi) is 4.13. The first-order valence-corrected chi connectivity index (χ1v) is 6.58. The van der Waals surface area contributed by atoms with Gasteiger partial charge >= 0.3 is 12.3 Å². The fourth-order valence-electron chi connectivity index (χ4n) is 2.47. The van der Waals surface area contributed by atoms with E-state index in [0.29, 0.717) is 13.0 Å². The van der Waals surface area contributed by atoms with Gasteiger partial charge in [-0.25, -0.2) is 4.79 Å². The number of halogens is 3. The van der Waals surface area contributed by atoms with E-state index in [-0.39, 0.29) is 18.7 Å². The number of carbonyl (C=O) groups excluding carboxylic acids is 1. The summed E-state index contributed by atoms with van der Waals surface area (Å²) in [5.74, 6) is 0. The highest BCUT2D eigenvalue weighted by Crippen LogP contribution is 2.34. The predicted octanol–water partition coefficient (Wildman–Crippen LogP) is 2.77. The topological polar surface area (TPSA) is 55.6 Å². The maximum absolute atomic E-state index is 12.9. The van der Waals surface area contributed by atoms with Crippen molar-refractivity contribution in [1.29, 1.82) is 0 Å². The van der Waals surface area contributed by atoms with Crippen LogP contribution in [0.25, 0.3) is 0 Å². The Morgan fingerprint density at radius 3 is 2.67 bits per heavy atom. The third-order valence-electron chi connectivity index (χ3n) is 3.47. The van der Waals surface area contributed by atoms with E-state index >= 15 is 0 Å². The van der Waals surface area contributed by atoms with Crippen molar-refractivity contribution >= 4 is 6.09 Å². The largest absolute Gasteiger partial charge is 0.441 e. The molecule has 1 saturated heterocycles. The normalized spacial score (nSPS) is 22.5. The number of cyclic esters (lactones) is 1. The lowest BCUT2D eigenvalue weighted by Crippen LogP contribution is -2.33. The van der Waals surface area contributed by atoms with Crippen molar-refractivity contribution in [1.82, 2.24) is 4.90 Å². The van der Waals surface area contributed by atoms with Crippen LogP contribution in [0.3, 0.4) is 0 Å². The van der Waals surface area contributed by atoms with Crippen molar-refractivity contribution in [3.8, 4) is 0 Å². The van der Waals surface area contributed by atoms with Crippen LogP contribution in [-0.2, 0) is 17.5 Å². The Labute approximate surface area is 120 Å². The molecular formula is C14H17F3N2O2. The summed E-state index contributed by atoms with van der Waals surface area (Å²) >= 11 is 0. The number of alkyl halides is 3. The van der Waals surface area contributed by atoms with Gasteiger partial charge in [0.05, 0.1) is 12.1 Å². The quantitative estimate of drug-likeness (QED) is 0.930. The number of ether oxygens (including phenoxy) is 1. The fraction of sp³-hybridized carbons (Fsp3) is 0.500. The SMILES string of the molecule is CC1(CCN)CN(Cc2ccccc2C(F)(F)F)C(=O)O1. The molecule has 1 aromatic carbocycles. The molecule has 0 spiro atoms. The molecule has 2 rings (SSSR count). The summed E-state index contributed by atoms with van der Waals surface area (Å²) in [4.78, 5) is 13.1. The number of nitrogens with two attached hydrogens (primary N) is 1. The third-order valence-corrected chi connectivity index (χ3v) is 3.47. The molecule has 7 heteroatoms. The summed E-state index contributed by atoms with van der Waals surface area (Å²) in [5, 5.41) is 0. The smallest absolute Gasteiger partial charge is 0.416 e. The van der Waals surface area contributed by atoms with E-state index in [1.54, 1.807) is 6.92 Å². The molecule has 1 atom stereocenters. The highest BCUT2D eigenvalue weighted by Gasteiger charge is 2.41. The molecule has 21 heavy (non-hydrogen) atoms. The van der Waals surface area contributed by atoms with Gasteiger partial charge in [0.15, 0.2) is 0 Å². The third kappa shape index (κ3) is 3.47. The van der Waals surface area contributed by atoms with E-state index in [1.165, 1.54) is 23.1 Å². The van der Waals surface area contributed by atoms with Gasteiger partial charge in [-0.2, -0.15) is 13.2 Å². The first-order chi connectivity index (χ1) is 9.75. The van der Waals surface area contributed by atoms with Crippen LogP contribution in [-0.4, -0.2) is 29.7 Å². The molecule has 4 nitrogen and oxygen atoms in total. The highest BCUT2D eigenvalue weighted by atomic mass is 19.4. The molecule has 0 aliphatic carbocycles. The summed E-state index contributed by atoms with van der Waals surface area (Å²) in [6, 6.07) is 5.22. The molecule has 1 aliphatic rings. The minimum Gasteiger partial charge on any atom is -0.441 e. The molecule has 0 radical (unpaired) electrons. The molecule has 1 aliphatic heterocycles. The molecule has 1 fully saturated rings. The van der Waals surface area contributed by atoms with E-state index in [9.17, 15) is 18.0 Å². The summed E-state index contributed by atoms with van der Waals surface area (Å²) < 4.78 is 44.0. The Balaban J connectivity index is 2.18. The fourth-order valence-corrected chi connectivity index (χ4v) is 2.47. The van der Waals surface area contributed by atoms with Crippen LogP contribution >= 0.6 is 0 Å². The van der Waals surface area contributed by atoms with Gasteiger partial charge in [-0.1, -0.05) is 18.2 Å². The molecule has 116 valence electrons. The van der Waals surface area contributed by atoms with Gasteiger partial charge in [-0.3, -0.25) is 4.90 Å². The van der Waals surface area contributed by atoms with Crippen LogP contribution in [0, 0.1) is 0 Å². The van der Waals surface area contributed by atoms with Crippen LogP contribution in [0.1, 0.15) is 24.5 Å². The van der Waals surface area contributed by atoms with Crippen LogP contribution in [0.4, 0.5) is 18.0 Å². The minimum atomic E-state index is -4.44. The van der Waals surface area contributed by atoms with Crippen molar-refractivity contribution in [3.63, 3.8) is 0 Å². The van der Waals surface area contributed by atoms with E-state index in [1.807, 2.05) is 0 Å². The summed E-state index contributed by atoms with van der Waals surface area (Å²) in [5.41, 5.74) is 4.05. The molecule has 1 heterocycles. The second kappa shape index (κ2) is 5.55. The number of carbonyl (C=O) groups is 1. The van der Waals surface area contributed by atoms with Crippen molar-refractivity contribution in [2.75, 3.05) is 13.1 Å². The molecule has 1 unspecified atom stereocenters. The molecule has 0 aromatic heterocycles. The zero-order valence-corrected chi connectivity index (χ0v) is 11.6. The van der Waals surface area contributed by atoms with Gasteiger partial charge in [0.25, 0.3) is 0 Å². The maximum Gasteiger partial charge on any atom is 0.416 e. The number of nitrogens with zero attached hydrogens (tertiary/aromatic N) is 1. The average molecular weight is 302 g/mol. The van der Waals surface area contributed by atoms with E-state index in [4.69, 9.17) is 10.5 Å². The average Bonchev–Trinajstić information content (AvgIpc) is 2.64. The maximum atomic E-state index is 12.9. The Morgan fingerprint density at radius 2 is 2.05 bits per heavy atom. The molecule has 1 aromatic rings. The standard InChI is InChI=1S/C14H17F3N2O2/c1-13(6-7-18)9-19(12(20)21-13)8-10-4-2-3-5-11(10)14(15,16)17/h2-5H,6-9,18H2,1H3. The number of amides is 1. The van der Waals surface area contributed by atoms with Crippen molar-refractivity contribution in [2.45, 2.75) is 31.7 Å². The number of benzene rings is 1. The number of rotatable bonds is 4. The summed E-state index contributed by atoms with van der Waals surface area (Å²) in [6.07, 6.45) is -4.58. The van der Waals surface area contributed by atoms with Crippen LogP contribution in [0.15, 0.2) is 24.3 Å². The summed E-state index contributed by atoms with van der Waals surface area (Å²) in [6.45, 7) is 2.17. The first kappa shape index (κ1) is 15.6. The Morgan fingerprint density at radius 1 is 1.38 bits per heavy atom. The molecule has 0 bridgehead atoms. The van der Waals surface area contributed by atoms with Gasteiger partial charge in [0, 0.05) is 13.0 Å². The second-order valence-corrected chi connectivity index (χ2v) is 5.37. The number of hydrogen-bond donors (Lipinski definition) is 1. The Hall–Kier alpha value is -1.76. The second-order valence-electron chi connectivity index (χ2n) is 5.37. The van der Waals surface area contributed by atoms with Crippen molar-refractivity contribution < 1.29 is 22.7 Å². The zero-order valence-electron chi connectivity index (χ0n) is 11.6. The lowest BCUT2D eigenvalue weighted by Gasteiger charge is -2.21. The lowest BCUT2D eigenvalue weighted by atomic mass is 10.0. The lowest BCUT2D eigenvalue weighted by molar-refractivity contribution is -0.138. The molecule has 0 saturated carbocycles. The van der Waals surface area contributed by atoms with Gasteiger partial charge in [0.1, 0.15) is 5.60 Å². The van der Waals surface area contributed by atoms with Crippen LogP contribution < -0.4 is 5.73 Å². The molecule has 2 N–H and O–H groups in total. The van der Waals surface area contributed by atoms with Gasteiger partial charge in [-0.05, 0) is 25.1 Å². The zero-order chi connectivity index (χ0) is 15.7.